The Labute approximate surface area is 167 Å². The number of rotatable bonds is 8. The first-order chi connectivity index (χ1) is 12.3. The molecule has 0 bridgehead atoms. The minimum atomic E-state index is -3.59. The second-order valence-electron chi connectivity index (χ2n) is 5.40. The maximum Gasteiger partial charge on any atom is 0.240 e. The first-order valence-electron chi connectivity index (χ1n) is 7.64. The van der Waals surface area contributed by atoms with E-state index >= 15 is 0 Å². The van der Waals surface area contributed by atoms with Gasteiger partial charge in [-0.15, -0.1) is 11.8 Å². The number of thioether (sulfide) groups is 1. The van der Waals surface area contributed by atoms with Crippen molar-refractivity contribution in [2.75, 3.05) is 29.4 Å². The Morgan fingerprint density at radius 1 is 1.04 bits per heavy atom. The van der Waals surface area contributed by atoms with Gasteiger partial charge in [-0.25, -0.2) is 8.42 Å². The molecule has 0 spiro atoms. The van der Waals surface area contributed by atoms with Crippen molar-refractivity contribution in [3.05, 3.63) is 58.6 Å². The average Bonchev–Trinajstić information content (AvgIpc) is 2.58. The van der Waals surface area contributed by atoms with E-state index in [1.807, 2.05) is 12.1 Å². The lowest BCUT2D eigenvalue weighted by molar-refractivity contribution is -0.119. The van der Waals surface area contributed by atoms with Gasteiger partial charge in [-0.3, -0.25) is 9.10 Å². The van der Waals surface area contributed by atoms with Crippen LogP contribution < -0.4 is 9.62 Å². The van der Waals surface area contributed by atoms with Gasteiger partial charge in [0, 0.05) is 27.2 Å². The summed E-state index contributed by atoms with van der Waals surface area (Å²) < 4.78 is 25.0. The number of hydrogen-bond donors (Lipinski definition) is 1. The molecule has 26 heavy (non-hydrogen) atoms. The quantitative estimate of drug-likeness (QED) is 0.510. The van der Waals surface area contributed by atoms with Gasteiger partial charge in [0.15, 0.2) is 0 Å². The maximum absolute atomic E-state index is 12.1. The molecule has 9 heteroatoms. The van der Waals surface area contributed by atoms with Gasteiger partial charge in [-0.2, -0.15) is 0 Å². The van der Waals surface area contributed by atoms with Crippen LogP contribution in [0.2, 0.25) is 10.0 Å². The first kappa shape index (κ1) is 20.9. The third-order valence-electron chi connectivity index (χ3n) is 3.31. The fourth-order valence-electron chi connectivity index (χ4n) is 2.08. The SMILES string of the molecule is CS(=O)(=O)N(CC(=O)NCCSc1ccc(Cl)cc1)c1ccc(Cl)cc1. The van der Waals surface area contributed by atoms with Crippen molar-refractivity contribution in [1.29, 1.82) is 0 Å². The summed E-state index contributed by atoms with van der Waals surface area (Å²) in [6.45, 7) is 0.135. The second-order valence-corrected chi connectivity index (χ2v) is 9.35. The predicted molar refractivity (Wildman–Crippen MR) is 109 cm³/mol. The second kappa shape index (κ2) is 9.50. The minimum Gasteiger partial charge on any atom is -0.354 e. The number of carbonyl (C=O) groups is 1. The van der Waals surface area contributed by atoms with Crippen molar-refractivity contribution in [3.8, 4) is 0 Å². The molecule has 2 aromatic rings. The third kappa shape index (κ3) is 6.72. The summed E-state index contributed by atoms with van der Waals surface area (Å²) in [5.41, 5.74) is 0.391. The molecule has 0 atom stereocenters. The van der Waals surface area contributed by atoms with Crippen molar-refractivity contribution < 1.29 is 13.2 Å². The summed E-state index contributed by atoms with van der Waals surface area (Å²) in [6, 6.07) is 13.7. The maximum atomic E-state index is 12.1. The first-order valence-corrected chi connectivity index (χ1v) is 11.2. The normalized spacial score (nSPS) is 11.2. The zero-order chi connectivity index (χ0) is 19.2. The number of halogens is 2. The molecule has 2 aromatic carbocycles. The van der Waals surface area contributed by atoms with Crippen molar-refractivity contribution in [2.45, 2.75) is 4.90 Å². The Morgan fingerprint density at radius 2 is 1.58 bits per heavy atom. The van der Waals surface area contributed by atoms with E-state index in [9.17, 15) is 13.2 Å². The van der Waals surface area contributed by atoms with Gasteiger partial charge in [-0.1, -0.05) is 23.2 Å². The van der Waals surface area contributed by atoms with Crippen LogP contribution in [0.5, 0.6) is 0 Å². The van der Waals surface area contributed by atoms with Crippen LogP contribution in [-0.4, -0.2) is 39.4 Å². The zero-order valence-corrected chi connectivity index (χ0v) is 17.1. The highest BCUT2D eigenvalue weighted by Crippen LogP contribution is 2.21. The molecule has 2 rings (SSSR count). The Morgan fingerprint density at radius 3 is 2.12 bits per heavy atom. The van der Waals surface area contributed by atoms with E-state index in [0.29, 0.717) is 28.0 Å². The van der Waals surface area contributed by atoms with E-state index in [2.05, 4.69) is 5.32 Å². The molecule has 140 valence electrons. The van der Waals surface area contributed by atoms with E-state index in [1.54, 1.807) is 48.2 Å². The Balaban J connectivity index is 1.87. The molecular weight excluding hydrogens is 415 g/mol. The highest BCUT2D eigenvalue weighted by molar-refractivity contribution is 7.99. The largest absolute Gasteiger partial charge is 0.354 e. The van der Waals surface area contributed by atoms with Gasteiger partial charge in [0.05, 0.1) is 11.9 Å². The fraction of sp³-hybridized carbons (Fsp3) is 0.235. The lowest BCUT2D eigenvalue weighted by atomic mass is 10.3. The van der Waals surface area contributed by atoms with Gasteiger partial charge in [0.25, 0.3) is 0 Å². The average molecular weight is 433 g/mol. The van der Waals surface area contributed by atoms with Crippen molar-refractivity contribution in [2.24, 2.45) is 0 Å². The van der Waals surface area contributed by atoms with Gasteiger partial charge in [0.1, 0.15) is 6.54 Å². The molecule has 0 saturated carbocycles. The molecular formula is C17H18Cl2N2O3S2. The smallest absolute Gasteiger partial charge is 0.240 e. The topological polar surface area (TPSA) is 66.5 Å². The van der Waals surface area contributed by atoms with Crippen molar-refractivity contribution >= 4 is 56.6 Å². The van der Waals surface area contributed by atoms with Crippen LogP contribution in [0.25, 0.3) is 0 Å². The molecule has 0 aliphatic carbocycles. The van der Waals surface area contributed by atoms with Gasteiger partial charge >= 0.3 is 0 Å². The molecule has 0 aromatic heterocycles. The van der Waals surface area contributed by atoms with Crippen molar-refractivity contribution in [1.82, 2.24) is 5.32 Å². The molecule has 0 fully saturated rings. The summed E-state index contributed by atoms with van der Waals surface area (Å²) in [6.07, 6.45) is 1.06. The molecule has 0 radical (unpaired) electrons. The number of amides is 1. The Bertz CT molecular complexity index is 841. The number of nitrogens with zero attached hydrogens (tertiary/aromatic N) is 1. The minimum absolute atomic E-state index is 0.286. The lowest BCUT2D eigenvalue weighted by Gasteiger charge is -2.21. The Kier molecular flexibility index (Phi) is 7.64. The highest BCUT2D eigenvalue weighted by Gasteiger charge is 2.20. The molecule has 0 unspecified atom stereocenters. The van der Waals surface area contributed by atoms with E-state index in [0.717, 1.165) is 15.5 Å². The molecule has 0 aliphatic heterocycles. The standard InChI is InChI=1S/C17H18Cl2N2O3S2/c1-26(23,24)21(15-6-2-13(18)3-7-15)12-17(22)20-10-11-25-16-8-4-14(19)5-9-16/h2-9H,10-12H2,1H3,(H,20,22). The van der Waals surface area contributed by atoms with E-state index < -0.39 is 10.0 Å². The highest BCUT2D eigenvalue weighted by atomic mass is 35.5. The van der Waals surface area contributed by atoms with Crippen molar-refractivity contribution in [3.63, 3.8) is 0 Å². The summed E-state index contributed by atoms with van der Waals surface area (Å²) in [5, 5.41) is 3.89. The van der Waals surface area contributed by atoms with Gasteiger partial charge in [0.2, 0.25) is 15.9 Å². The van der Waals surface area contributed by atoms with Crippen LogP contribution >= 0.6 is 35.0 Å². The van der Waals surface area contributed by atoms with E-state index in [1.165, 1.54) is 0 Å². The molecule has 1 N–H and O–H groups in total. The van der Waals surface area contributed by atoms with Crippen LogP contribution in [0.1, 0.15) is 0 Å². The van der Waals surface area contributed by atoms with Gasteiger partial charge < -0.3 is 5.32 Å². The van der Waals surface area contributed by atoms with Gasteiger partial charge in [-0.05, 0) is 48.5 Å². The molecule has 0 heterocycles. The van der Waals surface area contributed by atoms with E-state index in [-0.39, 0.29) is 12.5 Å². The van der Waals surface area contributed by atoms with Crippen LogP contribution in [0.4, 0.5) is 5.69 Å². The third-order valence-corrected chi connectivity index (χ3v) is 5.97. The van der Waals surface area contributed by atoms with Crippen LogP contribution in [0.3, 0.4) is 0 Å². The molecule has 0 aliphatic rings. The van der Waals surface area contributed by atoms with Crippen LogP contribution in [0, 0.1) is 0 Å². The zero-order valence-electron chi connectivity index (χ0n) is 14.0. The van der Waals surface area contributed by atoms with E-state index in [4.69, 9.17) is 23.2 Å². The fourth-order valence-corrected chi connectivity index (χ4v) is 3.96. The number of carbonyl (C=O) groups excluding carboxylic acids is 1. The summed E-state index contributed by atoms with van der Waals surface area (Å²) in [7, 11) is -3.59. The number of nitrogens with one attached hydrogen (secondary N) is 1. The summed E-state index contributed by atoms with van der Waals surface area (Å²) in [4.78, 5) is 13.2. The number of hydrogen-bond acceptors (Lipinski definition) is 4. The summed E-state index contributed by atoms with van der Waals surface area (Å²) in [5.74, 6) is 0.287. The predicted octanol–water partition coefficient (Wildman–Crippen LogP) is 3.67. The number of sulfonamides is 1. The van der Waals surface area contributed by atoms with Crippen LogP contribution in [0.15, 0.2) is 53.4 Å². The molecule has 0 saturated heterocycles. The Hall–Kier alpha value is -1.41. The number of benzene rings is 2. The number of anilines is 1. The summed E-state index contributed by atoms with van der Waals surface area (Å²) >= 11 is 13.2. The lowest BCUT2D eigenvalue weighted by Crippen LogP contribution is -2.41. The van der Waals surface area contributed by atoms with Crippen LogP contribution in [-0.2, 0) is 14.8 Å². The molecule has 5 nitrogen and oxygen atoms in total. The monoisotopic (exact) mass is 432 g/mol. The molecule has 1 amide bonds.